The molecule has 0 saturated carbocycles. The Morgan fingerprint density at radius 1 is 0.969 bits per heavy atom. The highest BCUT2D eigenvalue weighted by Gasteiger charge is 2.27. The largest absolute Gasteiger partial charge is 0.451 e. The lowest BCUT2D eigenvalue weighted by Gasteiger charge is -2.32. The molecule has 0 radical (unpaired) electrons. The quantitative estimate of drug-likeness (QED) is 0.709. The molecule has 2 aliphatic heterocycles. The van der Waals surface area contributed by atoms with Crippen molar-refractivity contribution < 1.29 is 19.1 Å². The lowest BCUT2D eigenvalue weighted by Crippen LogP contribution is -2.47. The van der Waals surface area contributed by atoms with Crippen LogP contribution in [0.25, 0.3) is 0 Å². The second-order valence-electron chi connectivity index (χ2n) is 8.09. The van der Waals surface area contributed by atoms with Gasteiger partial charge < -0.3 is 9.64 Å². The van der Waals surface area contributed by atoms with Crippen LogP contribution in [0.1, 0.15) is 24.8 Å². The van der Waals surface area contributed by atoms with Crippen LogP contribution in [0.5, 0.6) is 0 Å². The van der Waals surface area contributed by atoms with Gasteiger partial charge in [-0.1, -0.05) is 48.5 Å². The van der Waals surface area contributed by atoms with Gasteiger partial charge in [0.2, 0.25) is 5.91 Å². The maximum absolute atomic E-state index is 12.5. The number of nitrogens with zero attached hydrogens (tertiary/aromatic N) is 2. The van der Waals surface area contributed by atoms with E-state index in [-0.39, 0.29) is 30.5 Å². The number of benzene rings is 2. The molecule has 2 amide bonds. The molecule has 166 valence electrons. The highest BCUT2D eigenvalue weighted by atomic mass is 16.5. The average molecular weight is 434 g/mol. The molecule has 0 unspecified atom stereocenters. The summed E-state index contributed by atoms with van der Waals surface area (Å²) in [6, 6.07) is 19.4. The van der Waals surface area contributed by atoms with E-state index in [9.17, 15) is 14.4 Å². The smallest absolute Gasteiger partial charge is 0.356 e. The summed E-state index contributed by atoms with van der Waals surface area (Å²) in [4.78, 5) is 38.9. The molecule has 2 heterocycles. The van der Waals surface area contributed by atoms with Gasteiger partial charge in [0.25, 0.3) is 5.91 Å². The Hall–Kier alpha value is -3.61. The lowest BCUT2D eigenvalue weighted by molar-refractivity contribution is -0.150. The Bertz CT molecular complexity index is 983. The fourth-order valence-corrected chi connectivity index (χ4v) is 4.05. The number of amides is 2. The molecule has 32 heavy (non-hydrogen) atoms. The summed E-state index contributed by atoms with van der Waals surface area (Å²) >= 11 is 0. The van der Waals surface area contributed by atoms with Crippen LogP contribution in [0.4, 0.5) is 5.69 Å². The standard InChI is InChI=1S/C25H27N3O4/c29-23-12-11-22(26-28(23)21-9-5-2-6-10-21)25(31)32-18-24(30)27-15-13-20(14-16-27)17-19-7-3-1-4-8-19/h1-11,20,26H,12-18H2. The lowest BCUT2D eigenvalue weighted by atomic mass is 9.90. The van der Waals surface area contributed by atoms with Crippen molar-refractivity contribution in [3.05, 3.63) is 78.0 Å². The predicted octanol–water partition coefficient (Wildman–Crippen LogP) is 2.84. The maximum atomic E-state index is 12.5. The molecule has 0 aliphatic carbocycles. The molecule has 2 aliphatic rings. The number of anilines is 1. The number of esters is 1. The number of carbonyl (C=O) groups is 3. The summed E-state index contributed by atoms with van der Waals surface area (Å²) in [5, 5.41) is 1.32. The number of rotatable bonds is 6. The van der Waals surface area contributed by atoms with Crippen LogP contribution >= 0.6 is 0 Å². The van der Waals surface area contributed by atoms with Crippen molar-refractivity contribution in [1.29, 1.82) is 0 Å². The fraction of sp³-hybridized carbons (Fsp3) is 0.320. The van der Waals surface area contributed by atoms with E-state index in [4.69, 9.17) is 4.74 Å². The number of hydrogen-bond acceptors (Lipinski definition) is 5. The Morgan fingerprint density at radius 2 is 1.62 bits per heavy atom. The van der Waals surface area contributed by atoms with E-state index < -0.39 is 5.97 Å². The number of nitrogens with one attached hydrogen (secondary N) is 1. The number of likely N-dealkylation sites (tertiary alicyclic amines) is 1. The van der Waals surface area contributed by atoms with E-state index in [0.29, 0.717) is 24.7 Å². The van der Waals surface area contributed by atoms with Crippen molar-refractivity contribution in [2.24, 2.45) is 5.92 Å². The number of hydrazine groups is 1. The first-order chi connectivity index (χ1) is 15.6. The van der Waals surface area contributed by atoms with Gasteiger partial charge in [-0.25, -0.2) is 9.80 Å². The number of piperidine rings is 1. The molecule has 4 rings (SSSR count). The van der Waals surface area contributed by atoms with Crippen LogP contribution in [0.3, 0.4) is 0 Å². The molecule has 0 atom stereocenters. The van der Waals surface area contributed by atoms with E-state index in [1.165, 1.54) is 16.6 Å². The maximum Gasteiger partial charge on any atom is 0.356 e. The second kappa shape index (κ2) is 10.1. The van der Waals surface area contributed by atoms with Crippen molar-refractivity contribution in [2.75, 3.05) is 24.7 Å². The van der Waals surface area contributed by atoms with Crippen LogP contribution in [-0.4, -0.2) is 42.4 Å². The van der Waals surface area contributed by atoms with Gasteiger partial charge in [0.1, 0.15) is 5.70 Å². The highest BCUT2D eigenvalue weighted by Crippen LogP contribution is 2.22. The zero-order valence-electron chi connectivity index (χ0n) is 17.9. The van der Waals surface area contributed by atoms with Gasteiger partial charge in [0.05, 0.1) is 5.69 Å². The van der Waals surface area contributed by atoms with Gasteiger partial charge in [-0.15, -0.1) is 0 Å². The fourth-order valence-electron chi connectivity index (χ4n) is 4.05. The van der Waals surface area contributed by atoms with E-state index in [2.05, 4.69) is 17.6 Å². The Labute approximate surface area is 187 Å². The third-order valence-corrected chi connectivity index (χ3v) is 5.86. The summed E-state index contributed by atoms with van der Waals surface area (Å²) in [6.45, 7) is 1.04. The summed E-state index contributed by atoms with van der Waals surface area (Å²) in [5.74, 6) is -0.459. The van der Waals surface area contributed by atoms with E-state index >= 15 is 0 Å². The molecule has 7 nitrogen and oxygen atoms in total. The summed E-state index contributed by atoms with van der Waals surface area (Å²) in [6.07, 6.45) is 4.47. The Morgan fingerprint density at radius 3 is 2.31 bits per heavy atom. The Balaban J connectivity index is 1.23. The normalized spacial score (nSPS) is 16.9. The van der Waals surface area contributed by atoms with Crippen LogP contribution in [0.2, 0.25) is 0 Å². The molecule has 2 aromatic rings. The molecular weight excluding hydrogens is 406 g/mol. The molecule has 0 bridgehead atoms. The van der Waals surface area contributed by atoms with E-state index in [1.54, 1.807) is 17.0 Å². The van der Waals surface area contributed by atoms with Crippen molar-refractivity contribution in [3.63, 3.8) is 0 Å². The molecule has 7 heteroatoms. The van der Waals surface area contributed by atoms with Crippen molar-refractivity contribution in [1.82, 2.24) is 10.3 Å². The van der Waals surface area contributed by atoms with Gasteiger partial charge in [-0.2, -0.15) is 0 Å². The van der Waals surface area contributed by atoms with Gasteiger partial charge in [0.15, 0.2) is 6.61 Å². The molecule has 1 fully saturated rings. The molecule has 1 N–H and O–H groups in total. The van der Waals surface area contributed by atoms with Gasteiger partial charge in [0, 0.05) is 19.5 Å². The summed E-state index contributed by atoms with van der Waals surface area (Å²) < 4.78 is 5.24. The number of ether oxygens (including phenoxy) is 1. The second-order valence-corrected chi connectivity index (χ2v) is 8.09. The monoisotopic (exact) mass is 433 g/mol. The minimum absolute atomic E-state index is 0.0786. The third kappa shape index (κ3) is 5.35. The van der Waals surface area contributed by atoms with Gasteiger partial charge in [-0.3, -0.25) is 15.0 Å². The van der Waals surface area contributed by atoms with Crippen LogP contribution in [0, 0.1) is 5.92 Å². The first kappa shape index (κ1) is 21.6. The summed E-state index contributed by atoms with van der Waals surface area (Å²) in [5.41, 5.74) is 4.90. The van der Waals surface area contributed by atoms with E-state index in [0.717, 1.165) is 19.3 Å². The van der Waals surface area contributed by atoms with Crippen molar-refractivity contribution in [2.45, 2.75) is 25.7 Å². The Kier molecular flexibility index (Phi) is 6.84. The number of carbonyl (C=O) groups excluding carboxylic acids is 3. The number of hydrogen-bond donors (Lipinski definition) is 1. The first-order valence-corrected chi connectivity index (χ1v) is 10.9. The number of para-hydroxylation sites is 1. The minimum Gasteiger partial charge on any atom is -0.451 e. The van der Waals surface area contributed by atoms with Crippen molar-refractivity contribution >= 4 is 23.5 Å². The zero-order chi connectivity index (χ0) is 22.3. The highest BCUT2D eigenvalue weighted by molar-refractivity contribution is 5.99. The van der Waals surface area contributed by atoms with Crippen LogP contribution in [0.15, 0.2) is 72.4 Å². The van der Waals surface area contributed by atoms with E-state index in [1.807, 2.05) is 36.4 Å². The SMILES string of the molecule is O=C(OCC(=O)N1CCC(Cc2ccccc2)CC1)C1=CCC(=O)N(c2ccccc2)N1. The molecule has 0 spiro atoms. The van der Waals surface area contributed by atoms with Crippen LogP contribution < -0.4 is 10.4 Å². The van der Waals surface area contributed by atoms with Gasteiger partial charge in [-0.05, 0) is 49.0 Å². The third-order valence-electron chi connectivity index (χ3n) is 5.86. The molecule has 1 saturated heterocycles. The average Bonchev–Trinajstić information content (AvgIpc) is 2.84. The molecule has 2 aromatic carbocycles. The van der Waals surface area contributed by atoms with Crippen LogP contribution in [-0.2, 0) is 25.5 Å². The molecular formula is C25H27N3O4. The topological polar surface area (TPSA) is 79.0 Å². The summed E-state index contributed by atoms with van der Waals surface area (Å²) in [7, 11) is 0. The van der Waals surface area contributed by atoms with Gasteiger partial charge >= 0.3 is 5.97 Å². The minimum atomic E-state index is -0.647. The predicted molar refractivity (Wildman–Crippen MR) is 120 cm³/mol. The first-order valence-electron chi connectivity index (χ1n) is 10.9. The van der Waals surface area contributed by atoms with Crippen molar-refractivity contribution in [3.8, 4) is 0 Å². The zero-order valence-corrected chi connectivity index (χ0v) is 17.9. The molecule has 0 aromatic heterocycles.